The number of Topliss-reactive ketones (excluding diaryl/α,β-unsaturated/α-hetero) is 1. The van der Waals surface area contributed by atoms with Crippen molar-refractivity contribution in [3.05, 3.63) is 95.1 Å². The lowest BCUT2D eigenvalue weighted by Crippen LogP contribution is -2.36. The number of carbonyl (C=O) groups excluding carboxylic acids is 3. The zero-order chi connectivity index (χ0) is 27.1. The van der Waals surface area contributed by atoms with Crippen LogP contribution in [0.5, 0.6) is 0 Å². The molecule has 1 aliphatic rings. The van der Waals surface area contributed by atoms with E-state index in [0.717, 1.165) is 22.3 Å². The number of fused-ring (bicyclic) bond motifs is 3. The molecule has 3 N–H and O–H groups in total. The first-order valence-corrected chi connectivity index (χ1v) is 12.6. The second kappa shape index (κ2) is 12.5. The Morgan fingerprint density at radius 3 is 2.05 bits per heavy atom. The van der Waals surface area contributed by atoms with Crippen molar-refractivity contribution in [2.24, 2.45) is 0 Å². The number of aliphatic hydroxyl groups is 2. The molecule has 0 spiro atoms. The fourth-order valence-electron chi connectivity index (χ4n) is 4.63. The molecule has 198 valence electrons. The fraction of sp³-hybridized carbons (Fsp3) is 0.300. The van der Waals surface area contributed by atoms with Gasteiger partial charge in [0.1, 0.15) is 18.8 Å². The summed E-state index contributed by atoms with van der Waals surface area (Å²) in [6.45, 7) is 1.88. The number of rotatable bonds is 11. The first kappa shape index (κ1) is 27.0. The third kappa shape index (κ3) is 6.27. The van der Waals surface area contributed by atoms with Crippen molar-refractivity contribution in [2.45, 2.75) is 37.9 Å². The molecule has 2 atom stereocenters. The van der Waals surface area contributed by atoms with E-state index in [-0.39, 0.29) is 44.3 Å². The van der Waals surface area contributed by atoms with E-state index >= 15 is 0 Å². The van der Waals surface area contributed by atoms with Gasteiger partial charge in [0.2, 0.25) is 0 Å². The number of amides is 1. The summed E-state index contributed by atoms with van der Waals surface area (Å²) in [5.74, 6) is -0.737. The average Bonchev–Trinajstić information content (AvgIpc) is 3.27. The molecule has 4 rings (SSSR count). The predicted octanol–water partition coefficient (Wildman–Crippen LogP) is 4.15. The molecule has 0 fully saturated rings. The van der Waals surface area contributed by atoms with Gasteiger partial charge in [-0.2, -0.15) is 0 Å². The molecule has 3 aromatic rings. The number of hydrogen-bond acceptors (Lipinski definition) is 7. The summed E-state index contributed by atoms with van der Waals surface area (Å²) >= 11 is 0. The van der Waals surface area contributed by atoms with Crippen molar-refractivity contribution >= 4 is 17.8 Å². The molecule has 0 aliphatic heterocycles. The van der Waals surface area contributed by atoms with Gasteiger partial charge >= 0.3 is 12.1 Å². The van der Waals surface area contributed by atoms with E-state index in [0.29, 0.717) is 11.1 Å². The minimum absolute atomic E-state index is 0.00268. The highest BCUT2D eigenvalue weighted by Gasteiger charge is 2.29. The lowest BCUT2D eigenvalue weighted by atomic mass is 9.98. The van der Waals surface area contributed by atoms with E-state index in [1.54, 1.807) is 6.92 Å². The van der Waals surface area contributed by atoms with Gasteiger partial charge in [0, 0.05) is 24.4 Å². The van der Waals surface area contributed by atoms with Crippen molar-refractivity contribution in [1.29, 1.82) is 0 Å². The van der Waals surface area contributed by atoms with Crippen LogP contribution in [-0.2, 0) is 14.3 Å². The van der Waals surface area contributed by atoms with Crippen molar-refractivity contribution in [1.82, 2.24) is 5.32 Å². The van der Waals surface area contributed by atoms with Crippen LogP contribution < -0.4 is 5.32 Å². The molecular weight excluding hydrogens is 486 g/mol. The average molecular weight is 518 g/mol. The second-order valence-corrected chi connectivity index (χ2v) is 9.07. The molecule has 0 radical (unpaired) electrons. The first-order chi connectivity index (χ1) is 18.4. The molecule has 38 heavy (non-hydrogen) atoms. The number of ether oxygens (including phenoxy) is 2. The van der Waals surface area contributed by atoms with Gasteiger partial charge in [0.05, 0.1) is 13.0 Å². The predicted molar refractivity (Wildman–Crippen MR) is 141 cm³/mol. The van der Waals surface area contributed by atoms with Gasteiger partial charge in [-0.3, -0.25) is 9.59 Å². The quantitative estimate of drug-likeness (QED) is 0.258. The molecule has 8 heteroatoms. The highest BCUT2D eigenvalue weighted by molar-refractivity contribution is 5.97. The number of nitrogens with one attached hydrogen (secondary N) is 1. The summed E-state index contributed by atoms with van der Waals surface area (Å²) in [4.78, 5) is 36.1. The van der Waals surface area contributed by atoms with E-state index in [9.17, 15) is 24.6 Å². The third-order valence-electron chi connectivity index (χ3n) is 6.60. The lowest BCUT2D eigenvalue weighted by Gasteiger charge is -2.19. The van der Waals surface area contributed by atoms with E-state index in [4.69, 9.17) is 9.47 Å². The Balaban J connectivity index is 1.26. The minimum atomic E-state index is -1.29. The SMILES string of the molecule is CCOC(=O)CCC(=O)c1ccc(C(O)C(O)CNC(=O)OCC2c3ccccc3-c3ccccc32)cc1. The van der Waals surface area contributed by atoms with Gasteiger partial charge in [0.15, 0.2) is 5.78 Å². The van der Waals surface area contributed by atoms with Crippen LogP contribution in [0.2, 0.25) is 0 Å². The Morgan fingerprint density at radius 1 is 0.842 bits per heavy atom. The minimum Gasteiger partial charge on any atom is -0.466 e. The summed E-state index contributed by atoms with van der Waals surface area (Å²) < 4.78 is 10.3. The largest absolute Gasteiger partial charge is 0.466 e. The van der Waals surface area contributed by atoms with Crippen LogP contribution in [0.1, 0.15) is 58.8 Å². The number of aliphatic hydroxyl groups excluding tert-OH is 2. The Kier molecular flexibility index (Phi) is 8.89. The van der Waals surface area contributed by atoms with Gasteiger partial charge in [-0.15, -0.1) is 0 Å². The van der Waals surface area contributed by atoms with E-state index in [2.05, 4.69) is 17.4 Å². The van der Waals surface area contributed by atoms with Crippen LogP contribution in [0.4, 0.5) is 4.79 Å². The molecule has 0 saturated heterocycles. The molecule has 0 heterocycles. The first-order valence-electron chi connectivity index (χ1n) is 12.6. The summed E-state index contributed by atoms with van der Waals surface area (Å²) in [5.41, 5.74) is 5.22. The summed E-state index contributed by atoms with van der Waals surface area (Å²) in [7, 11) is 0. The molecule has 1 aliphatic carbocycles. The normalized spacial score (nSPS) is 13.7. The topological polar surface area (TPSA) is 122 Å². The van der Waals surface area contributed by atoms with E-state index < -0.39 is 24.3 Å². The number of ketones is 1. The van der Waals surface area contributed by atoms with Crippen molar-refractivity contribution < 1.29 is 34.1 Å². The van der Waals surface area contributed by atoms with E-state index in [1.807, 2.05) is 36.4 Å². The third-order valence-corrected chi connectivity index (χ3v) is 6.60. The summed E-state index contributed by atoms with van der Waals surface area (Å²) in [5, 5.41) is 23.4. The zero-order valence-electron chi connectivity index (χ0n) is 21.1. The van der Waals surface area contributed by atoms with Crippen LogP contribution in [0.25, 0.3) is 11.1 Å². The molecule has 0 saturated carbocycles. The monoisotopic (exact) mass is 517 g/mol. The molecule has 2 unspecified atom stereocenters. The Hall–Kier alpha value is -4.01. The highest BCUT2D eigenvalue weighted by Crippen LogP contribution is 2.44. The van der Waals surface area contributed by atoms with Crippen LogP contribution in [0, 0.1) is 0 Å². The van der Waals surface area contributed by atoms with Gasteiger partial charge in [-0.1, -0.05) is 72.8 Å². The number of alkyl carbamates (subject to hydrolysis) is 1. The zero-order valence-corrected chi connectivity index (χ0v) is 21.1. The second-order valence-electron chi connectivity index (χ2n) is 9.07. The Morgan fingerprint density at radius 2 is 1.45 bits per heavy atom. The molecule has 1 amide bonds. The molecule has 0 aromatic heterocycles. The number of hydrogen-bond donors (Lipinski definition) is 3. The smallest absolute Gasteiger partial charge is 0.407 e. The van der Waals surface area contributed by atoms with Crippen LogP contribution in [0.15, 0.2) is 72.8 Å². The Labute approximate surface area is 221 Å². The van der Waals surface area contributed by atoms with Crippen LogP contribution in [-0.4, -0.2) is 53.9 Å². The van der Waals surface area contributed by atoms with Gasteiger partial charge < -0.3 is 25.0 Å². The maximum Gasteiger partial charge on any atom is 0.407 e. The van der Waals surface area contributed by atoms with Crippen LogP contribution >= 0.6 is 0 Å². The summed E-state index contributed by atoms with van der Waals surface area (Å²) in [6.07, 6.45) is -3.25. The fourth-order valence-corrected chi connectivity index (χ4v) is 4.63. The molecule has 8 nitrogen and oxygen atoms in total. The van der Waals surface area contributed by atoms with Crippen LogP contribution in [0.3, 0.4) is 0 Å². The number of esters is 1. The van der Waals surface area contributed by atoms with Crippen molar-refractivity contribution in [2.75, 3.05) is 19.8 Å². The Bertz CT molecular complexity index is 1240. The number of carbonyl (C=O) groups is 3. The lowest BCUT2D eigenvalue weighted by molar-refractivity contribution is -0.143. The standard InChI is InChI=1S/C30H31NO7/c1-2-37-28(34)16-15-26(32)19-11-13-20(14-12-19)29(35)27(33)17-31-30(36)38-18-25-23-9-5-3-7-21(23)22-8-4-6-10-24(22)25/h3-14,25,27,29,33,35H,2,15-18H2,1H3,(H,31,36). The van der Waals surface area contributed by atoms with Crippen molar-refractivity contribution in [3.63, 3.8) is 0 Å². The van der Waals surface area contributed by atoms with Gasteiger partial charge in [-0.05, 0) is 34.7 Å². The van der Waals surface area contributed by atoms with Gasteiger partial charge in [-0.25, -0.2) is 4.79 Å². The van der Waals surface area contributed by atoms with E-state index in [1.165, 1.54) is 24.3 Å². The maximum absolute atomic E-state index is 12.4. The highest BCUT2D eigenvalue weighted by atomic mass is 16.5. The molecule has 3 aromatic carbocycles. The van der Waals surface area contributed by atoms with Gasteiger partial charge in [0.25, 0.3) is 0 Å². The summed E-state index contributed by atoms with van der Waals surface area (Å²) in [6, 6.07) is 22.2. The van der Waals surface area contributed by atoms with Crippen molar-refractivity contribution in [3.8, 4) is 11.1 Å². The number of benzene rings is 3. The maximum atomic E-state index is 12.4. The molecule has 0 bridgehead atoms. The molecular formula is C30H31NO7.